The fraction of sp³-hybridized carbons (Fsp3) is 0.444. The molecule has 1 heterocycles. The number of hydrogen-bond donors (Lipinski definition) is 2. The highest BCUT2D eigenvalue weighted by atomic mass is 16.5. The molecule has 0 bridgehead atoms. The van der Waals surface area contributed by atoms with E-state index in [0.717, 1.165) is 39.8 Å². The van der Waals surface area contributed by atoms with E-state index < -0.39 is 5.97 Å². The van der Waals surface area contributed by atoms with Gasteiger partial charge in [-0.25, -0.2) is 4.79 Å². The minimum absolute atomic E-state index is 0.362. The molecule has 32 heavy (non-hydrogen) atoms. The second-order valence-corrected chi connectivity index (χ2v) is 9.28. The number of rotatable bonds is 7. The first-order chi connectivity index (χ1) is 15.4. The third kappa shape index (κ3) is 4.26. The molecular formula is C27H34N2O3. The molecule has 0 unspecified atom stereocenters. The predicted molar refractivity (Wildman–Crippen MR) is 129 cm³/mol. The first-order valence-electron chi connectivity index (χ1n) is 11.6. The van der Waals surface area contributed by atoms with E-state index in [1.165, 1.54) is 12.8 Å². The van der Waals surface area contributed by atoms with E-state index in [1.807, 2.05) is 34.9 Å². The Morgan fingerprint density at radius 2 is 1.97 bits per heavy atom. The molecule has 3 atom stereocenters. The number of fused-ring (bicyclic) bond motifs is 1. The van der Waals surface area contributed by atoms with Gasteiger partial charge in [-0.1, -0.05) is 51.0 Å². The summed E-state index contributed by atoms with van der Waals surface area (Å²) in [5.41, 5.74) is 4.38. The van der Waals surface area contributed by atoms with Crippen LogP contribution in [0.1, 0.15) is 60.3 Å². The van der Waals surface area contributed by atoms with E-state index in [4.69, 9.17) is 4.74 Å². The minimum Gasteiger partial charge on any atom is -0.497 e. The predicted octanol–water partition coefficient (Wildman–Crippen LogP) is 5.62. The number of hydrogen-bond acceptors (Lipinski definition) is 3. The highest BCUT2D eigenvalue weighted by molar-refractivity contribution is 5.98. The summed E-state index contributed by atoms with van der Waals surface area (Å²) in [4.78, 5) is 12.5. The lowest BCUT2D eigenvalue weighted by molar-refractivity contribution is 0.0684. The van der Waals surface area contributed by atoms with Crippen LogP contribution in [-0.2, 0) is 13.1 Å². The van der Waals surface area contributed by atoms with Gasteiger partial charge in [0, 0.05) is 36.1 Å². The summed E-state index contributed by atoms with van der Waals surface area (Å²) >= 11 is 0. The van der Waals surface area contributed by atoms with Gasteiger partial charge in [0.05, 0.1) is 12.6 Å². The number of ether oxygens (including phenoxy) is 1. The molecule has 2 aromatic carbocycles. The van der Waals surface area contributed by atoms with E-state index in [9.17, 15) is 9.90 Å². The third-order valence-electron chi connectivity index (χ3n) is 7.42. The van der Waals surface area contributed by atoms with Crippen molar-refractivity contribution in [1.29, 1.82) is 0 Å². The van der Waals surface area contributed by atoms with Crippen molar-refractivity contribution in [2.75, 3.05) is 7.11 Å². The zero-order valence-electron chi connectivity index (χ0n) is 19.5. The Bertz CT molecular complexity index is 1120. The first kappa shape index (κ1) is 22.4. The summed E-state index contributed by atoms with van der Waals surface area (Å²) in [5, 5.41) is 15.0. The molecule has 1 saturated carbocycles. The second-order valence-electron chi connectivity index (χ2n) is 9.28. The Labute approximate surface area is 190 Å². The van der Waals surface area contributed by atoms with E-state index in [2.05, 4.69) is 38.2 Å². The molecule has 1 aliphatic carbocycles. The number of aromatic nitrogens is 1. The van der Waals surface area contributed by atoms with Gasteiger partial charge in [0.1, 0.15) is 11.4 Å². The van der Waals surface area contributed by atoms with Gasteiger partial charge in [0.15, 0.2) is 0 Å². The van der Waals surface area contributed by atoms with Crippen LogP contribution in [-0.4, -0.2) is 28.8 Å². The molecule has 5 nitrogen and oxygen atoms in total. The third-order valence-corrected chi connectivity index (χ3v) is 7.42. The standard InChI is InChI=1S/C27H34N2O3/c1-17-9-7-11-24(19(17)3)28-15-23-22-13-12-21(32-4)14-25(22)29(26(23)27(30)31)16-20-10-6-5-8-18(20)2/h5-6,8,10,12-14,17,19,24,28H,7,9,11,15-16H2,1-4H3,(H,30,31)/t17-,19+,24+/m0/s1. The van der Waals surface area contributed by atoms with Gasteiger partial charge in [0.2, 0.25) is 0 Å². The van der Waals surface area contributed by atoms with Gasteiger partial charge in [-0.2, -0.15) is 0 Å². The first-order valence-corrected chi connectivity index (χ1v) is 11.6. The van der Waals surface area contributed by atoms with E-state index >= 15 is 0 Å². The monoisotopic (exact) mass is 434 g/mol. The molecule has 0 radical (unpaired) electrons. The summed E-state index contributed by atoms with van der Waals surface area (Å²) < 4.78 is 7.40. The SMILES string of the molecule is COc1ccc2c(CN[C@@H]3CCC[C@H](C)[C@H]3C)c(C(=O)O)n(Cc3ccccc3C)c2c1. The number of carboxylic acid groups (broad SMARTS) is 1. The maximum atomic E-state index is 12.5. The Morgan fingerprint density at radius 1 is 1.19 bits per heavy atom. The zero-order chi connectivity index (χ0) is 22.8. The molecule has 0 spiro atoms. The summed E-state index contributed by atoms with van der Waals surface area (Å²) in [6.07, 6.45) is 3.64. The average molecular weight is 435 g/mol. The molecule has 3 aromatic rings. The van der Waals surface area contributed by atoms with Crippen molar-refractivity contribution in [3.63, 3.8) is 0 Å². The van der Waals surface area contributed by atoms with E-state index in [-0.39, 0.29) is 0 Å². The zero-order valence-corrected chi connectivity index (χ0v) is 19.5. The molecule has 5 heteroatoms. The van der Waals surface area contributed by atoms with Gasteiger partial charge >= 0.3 is 5.97 Å². The van der Waals surface area contributed by atoms with Crippen molar-refractivity contribution in [3.8, 4) is 5.75 Å². The van der Waals surface area contributed by atoms with Crippen molar-refractivity contribution in [1.82, 2.24) is 9.88 Å². The molecule has 2 N–H and O–H groups in total. The minimum atomic E-state index is -0.893. The second kappa shape index (κ2) is 9.37. The van der Waals surface area contributed by atoms with Crippen LogP contribution in [0.15, 0.2) is 42.5 Å². The lowest BCUT2D eigenvalue weighted by Gasteiger charge is -2.34. The van der Waals surface area contributed by atoms with Crippen molar-refractivity contribution in [2.45, 2.75) is 59.2 Å². The van der Waals surface area contributed by atoms with Crippen LogP contribution >= 0.6 is 0 Å². The number of benzene rings is 2. The van der Waals surface area contributed by atoms with Crippen molar-refractivity contribution in [3.05, 3.63) is 64.8 Å². The highest BCUT2D eigenvalue weighted by Gasteiger charge is 2.28. The Balaban J connectivity index is 1.78. The van der Waals surface area contributed by atoms with Crippen LogP contribution in [0.4, 0.5) is 0 Å². The number of aryl methyl sites for hydroxylation is 1. The normalized spacial score (nSPS) is 21.1. The van der Waals surface area contributed by atoms with Crippen LogP contribution in [0.25, 0.3) is 10.9 Å². The van der Waals surface area contributed by atoms with Gasteiger partial charge in [-0.15, -0.1) is 0 Å². The molecule has 170 valence electrons. The van der Waals surface area contributed by atoms with Gasteiger partial charge in [-0.3, -0.25) is 0 Å². The number of methoxy groups -OCH3 is 1. The van der Waals surface area contributed by atoms with Gasteiger partial charge in [-0.05, 0) is 48.4 Å². The molecule has 0 saturated heterocycles. The topological polar surface area (TPSA) is 63.5 Å². The van der Waals surface area contributed by atoms with E-state index in [1.54, 1.807) is 7.11 Å². The molecule has 0 amide bonds. The van der Waals surface area contributed by atoms with E-state index in [0.29, 0.717) is 36.7 Å². The quantitative estimate of drug-likeness (QED) is 0.507. The average Bonchev–Trinajstić information content (AvgIpc) is 3.09. The van der Waals surface area contributed by atoms with Crippen LogP contribution in [0.2, 0.25) is 0 Å². The Morgan fingerprint density at radius 3 is 2.69 bits per heavy atom. The largest absolute Gasteiger partial charge is 0.497 e. The highest BCUT2D eigenvalue weighted by Crippen LogP contribution is 2.33. The lowest BCUT2D eigenvalue weighted by atomic mass is 9.78. The lowest BCUT2D eigenvalue weighted by Crippen LogP contribution is -2.40. The van der Waals surface area contributed by atoms with Crippen molar-refractivity contribution in [2.24, 2.45) is 11.8 Å². The number of carbonyl (C=O) groups is 1. The summed E-state index contributed by atoms with van der Waals surface area (Å²) in [7, 11) is 1.64. The summed E-state index contributed by atoms with van der Waals surface area (Å²) in [6, 6.07) is 14.4. The summed E-state index contributed by atoms with van der Waals surface area (Å²) in [6.45, 7) is 7.76. The molecule has 1 aliphatic rings. The molecule has 0 aliphatic heterocycles. The number of nitrogens with zero attached hydrogens (tertiary/aromatic N) is 1. The van der Waals surface area contributed by atoms with Crippen molar-refractivity contribution >= 4 is 16.9 Å². The van der Waals surface area contributed by atoms with Crippen LogP contribution in [0, 0.1) is 18.8 Å². The molecule has 4 rings (SSSR count). The maximum absolute atomic E-state index is 12.5. The Kier molecular flexibility index (Phi) is 6.56. The fourth-order valence-corrected chi connectivity index (χ4v) is 5.18. The van der Waals surface area contributed by atoms with Gasteiger partial charge in [0.25, 0.3) is 0 Å². The maximum Gasteiger partial charge on any atom is 0.352 e. The smallest absolute Gasteiger partial charge is 0.352 e. The summed E-state index contributed by atoms with van der Waals surface area (Å²) in [5.74, 6) is 1.10. The Hall–Kier alpha value is -2.79. The molecule has 1 fully saturated rings. The number of carboxylic acids is 1. The van der Waals surface area contributed by atoms with Crippen LogP contribution < -0.4 is 10.1 Å². The molecular weight excluding hydrogens is 400 g/mol. The number of nitrogens with one attached hydrogen (secondary N) is 1. The number of aromatic carboxylic acids is 1. The fourth-order valence-electron chi connectivity index (χ4n) is 5.18. The van der Waals surface area contributed by atoms with Crippen LogP contribution in [0.3, 0.4) is 0 Å². The van der Waals surface area contributed by atoms with Crippen molar-refractivity contribution < 1.29 is 14.6 Å². The van der Waals surface area contributed by atoms with Crippen LogP contribution in [0.5, 0.6) is 5.75 Å². The molecule has 1 aromatic heterocycles. The van der Waals surface area contributed by atoms with Gasteiger partial charge < -0.3 is 19.7 Å².